The van der Waals surface area contributed by atoms with E-state index in [9.17, 15) is 24.4 Å². The SMILES string of the molecule is O=[N+]([O-])c1ccc(S(=O)[n+]2ccccc2)c([N+](=O)[O-])c1. The van der Waals surface area contributed by atoms with E-state index in [1.54, 1.807) is 18.2 Å². The minimum absolute atomic E-state index is 0.100. The maximum atomic E-state index is 12.3. The van der Waals surface area contributed by atoms with Gasteiger partial charge in [-0.3, -0.25) is 20.2 Å². The van der Waals surface area contributed by atoms with Gasteiger partial charge >= 0.3 is 11.0 Å². The number of nitrogens with zero attached hydrogens (tertiary/aromatic N) is 3. The highest BCUT2D eigenvalue weighted by atomic mass is 32.2. The van der Waals surface area contributed by atoms with Gasteiger partial charge in [0.1, 0.15) is 0 Å². The summed E-state index contributed by atoms with van der Waals surface area (Å²) in [4.78, 5) is 20.0. The molecule has 0 fully saturated rings. The van der Waals surface area contributed by atoms with Gasteiger partial charge in [-0.05, 0) is 6.07 Å². The topological polar surface area (TPSA) is 107 Å². The zero-order valence-electron chi connectivity index (χ0n) is 9.91. The van der Waals surface area contributed by atoms with Crippen LogP contribution >= 0.6 is 0 Å². The first-order valence-electron chi connectivity index (χ1n) is 5.32. The molecule has 0 aliphatic carbocycles. The summed E-state index contributed by atoms with van der Waals surface area (Å²) in [6.07, 6.45) is 2.97. The maximum absolute atomic E-state index is 12.3. The predicted molar refractivity (Wildman–Crippen MR) is 68.2 cm³/mol. The minimum Gasteiger partial charge on any atom is -0.258 e. The summed E-state index contributed by atoms with van der Waals surface area (Å²) < 4.78 is 13.5. The summed E-state index contributed by atoms with van der Waals surface area (Å²) in [7, 11) is -1.85. The van der Waals surface area contributed by atoms with Crippen molar-refractivity contribution >= 4 is 22.4 Å². The fourth-order valence-corrected chi connectivity index (χ4v) is 2.60. The Hall–Kier alpha value is -2.68. The molecule has 1 unspecified atom stereocenters. The molecule has 2 aromatic rings. The molecular weight excluding hydrogens is 286 g/mol. The fourth-order valence-electron chi connectivity index (χ4n) is 1.52. The van der Waals surface area contributed by atoms with E-state index in [-0.39, 0.29) is 4.90 Å². The third-order valence-corrected chi connectivity index (χ3v) is 3.77. The zero-order valence-corrected chi connectivity index (χ0v) is 10.7. The Morgan fingerprint density at radius 1 is 1.00 bits per heavy atom. The van der Waals surface area contributed by atoms with Crippen LogP contribution in [0.15, 0.2) is 53.7 Å². The van der Waals surface area contributed by atoms with Crippen LogP contribution in [0.3, 0.4) is 0 Å². The van der Waals surface area contributed by atoms with Crippen LogP contribution in [0.5, 0.6) is 0 Å². The first-order chi connectivity index (χ1) is 9.50. The van der Waals surface area contributed by atoms with Crippen LogP contribution in [0.4, 0.5) is 11.4 Å². The van der Waals surface area contributed by atoms with E-state index < -0.39 is 32.2 Å². The Balaban J connectivity index is 2.54. The average Bonchev–Trinajstić information content (AvgIpc) is 2.46. The molecule has 0 amide bonds. The third kappa shape index (κ3) is 2.67. The Morgan fingerprint density at radius 2 is 1.65 bits per heavy atom. The van der Waals surface area contributed by atoms with E-state index in [1.807, 2.05) is 0 Å². The lowest BCUT2D eigenvalue weighted by Gasteiger charge is -1.99. The molecule has 0 aliphatic rings. The molecular formula is C11H8N3O5S+. The molecule has 1 aromatic heterocycles. The number of nitro benzene ring substituents is 2. The van der Waals surface area contributed by atoms with Crippen LogP contribution in [-0.2, 0) is 11.0 Å². The lowest BCUT2D eigenvalue weighted by atomic mass is 10.3. The van der Waals surface area contributed by atoms with Crippen LogP contribution in [0.1, 0.15) is 0 Å². The smallest absolute Gasteiger partial charge is 0.258 e. The van der Waals surface area contributed by atoms with E-state index in [0.717, 1.165) is 18.2 Å². The summed E-state index contributed by atoms with van der Waals surface area (Å²) in [5.41, 5.74) is -0.968. The molecule has 102 valence electrons. The van der Waals surface area contributed by atoms with Crippen molar-refractivity contribution in [1.82, 2.24) is 0 Å². The first-order valence-corrected chi connectivity index (χ1v) is 6.43. The number of rotatable bonds is 4. The van der Waals surface area contributed by atoms with Crippen LogP contribution in [-0.4, -0.2) is 14.1 Å². The number of benzene rings is 1. The van der Waals surface area contributed by atoms with Gasteiger partial charge < -0.3 is 0 Å². The number of pyridine rings is 1. The van der Waals surface area contributed by atoms with E-state index in [4.69, 9.17) is 0 Å². The second-order valence-electron chi connectivity index (χ2n) is 3.65. The largest absolute Gasteiger partial charge is 0.328 e. The Bertz CT molecular complexity index is 704. The summed E-state index contributed by atoms with van der Waals surface area (Å²) >= 11 is 0. The van der Waals surface area contributed by atoms with E-state index in [0.29, 0.717) is 0 Å². The van der Waals surface area contributed by atoms with Crippen molar-refractivity contribution in [3.05, 3.63) is 69.0 Å². The molecule has 0 N–H and O–H groups in total. The zero-order chi connectivity index (χ0) is 14.7. The van der Waals surface area contributed by atoms with Gasteiger partial charge in [0.2, 0.25) is 0 Å². The van der Waals surface area contributed by atoms with Gasteiger partial charge in [-0.1, -0.05) is 6.07 Å². The number of nitro groups is 2. The van der Waals surface area contributed by atoms with E-state index in [1.165, 1.54) is 16.4 Å². The van der Waals surface area contributed by atoms with Crippen LogP contribution in [0.2, 0.25) is 0 Å². The highest BCUT2D eigenvalue weighted by molar-refractivity contribution is 7.78. The van der Waals surface area contributed by atoms with Crippen LogP contribution < -0.4 is 3.97 Å². The normalized spacial score (nSPS) is 11.8. The molecule has 0 aliphatic heterocycles. The average molecular weight is 294 g/mol. The molecule has 0 bridgehead atoms. The quantitative estimate of drug-likeness (QED) is 0.480. The number of aromatic nitrogens is 1. The molecule has 0 saturated carbocycles. The fraction of sp³-hybridized carbons (Fsp3) is 0. The van der Waals surface area contributed by atoms with Crippen molar-refractivity contribution in [2.75, 3.05) is 0 Å². The van der Waals surface area contributed by atoms with Gasteiger partial charge in [-0.15, -0.1) is 3.97 Å². The summed E-state index contributed by atoms with van der Waals surface area (Å²) in [5.74, 6) is 0. The molecule has 8 nitrogen and oxygen atoms in total. The number of non-ortho nitro benzene ring substituents is 1. The van der Waals surface area contributed by atoms with Crippen molar-refractivity contribution in [1.29, 1.82) is 0 Å². The van der Waals surface area contributed by atoms with Crippen molar-refractivity contribution in [2.24, 2.45) is 0 Å². The monoisotopic (exact) mass is 294 g/mol. The van der Waals surface area contributed by atoms with Gasteiger partial charge in [0.15, 0.2) is 17.3 Å². The molecule has 9 heteroatoms. The molecule has 1 heterocycles. The lowest BCUT2D eigenvalue weighted by molar-refractivity contribution is -0.504. The van der Waals surface area contributed by atoms with Crippen LogP contribution in [0.25, 0.3) is 0 Å². The second-order valence-corrected chi connectivity index (χ2v) is 5.01. The highest BCUT2D eigenvalue weighted by Gasteiger charge is 2.28. The van der Waals surface area contributed by atoms with Gasteiger partial charge in [0.05, 0.1) is 15.9 Å². The van der Waals surface area contributed by atoms with Crippen molar-refractivity contribution in [3.8, 4) is 0 Å². The second kappa shape index (κ2) is 5.53. The third-order valence-electron chi connectivity index (χ3n) is 2.42. The molecule has 0 spiro atoms. The Morgan fingerprint density at radius 3 is 2.20 bits per heavy atom. The van der Waals surface area contributed by atoms with Gasteiger partial charge in [-0.25, -0.2) is 0 Å². The van der Waals surface area contributed by atoms with Crippen molar-refractivity contribution in [2.45, 2.75) is 4.90 Å². The summed E-state index contributed by atoms with van der Waals surface area (Å²) in [6, 6.07) is 7.97. The number of hydrogen-bond acceptors (Lipinski definition) is 5. The minimum atomic E-state index is -1.85. The lowest BCUT2D eigenvalue weighted by Crippen LogP contribution is -2.36. The molecule has 0 saturated heterocycles. The predicted octanol–water partition coefficient (Wildman–Crippen LogP) is 1.36. The summed E-state index contributed by atoms with van der Waals surface area (Å²) in [5, 5.41) is 21.6. The standard InChI is InChI=1S/C11H8N3O5S/c15-13(16)9-4-5-11(10(8-9)14(17)18)20(19)12-6-2-1-3-7-12/h1-8H/q+1. The number of hydrogen-bond donors (Lipinski definition) is 0. The van der Waals surface area contributed by atoms with Crippen LogP contribution in [0, 0.1) is 20.2 Å². The van der Waals surface area contributed by atoms with Gasteiger partial charge in [-0.2, -0.15) is 4.21 Å². The van der Waals surface area contributed by atoms with Crippen molar-refractivity contribution in [3.63, 3.8) is 0 Å². The molecule has 20 heavy (non-hydrogen) atoms. The highest BCUT2D eigenvalue weighted by Crippen LogP contribution is 2.26. The maximum Gasteiger partial charge on any atom is 0.328 e. The van der Waals surface area contributed by atoms with E-state index >= 15 is 0 Å². The molecule has 0 radical (unpaired) electrons. The summed E-state index contributed by atoms with van der Waals surface area (Å²) in [6.45, 7) is 0. The molecule has 1 aromatic carbocycles. The molecule has 1 atom stereocenters. The van der Waals surface area contributed by atoms with Crippen molar-refractivity contribution < 1.29 is 18.0 Å². The Labute approximate surface area is 115 Å². The van der Waals surface area contributed by atoms with E-state index in [2.05, 4.69) is 0 Å². The van der Waals surface area contributed by atoms with Gasteiger partial charge in [0.25, 0.3) is 11.4 Å². The van der Waals surface area contributed by atoms with Gasteiger partial charge in [0, 0.05) is 18.2 Å². The Kier molecular flexibility index (Phi) is 3.80. The first kappa shape index (κ1) is 13.7. The molecule has 2 rings (SSSR count).